The summed E-state index contributed by atoms with van der Waals surface area (Å²) in [6, 6.07) is 5.76. The van der Waals surface area contributed by atoms with Gasteiger partial charge in [0.05, 0.1) is 4.47 Å². The van der Waals surface area contributed by atoms with Gasteiger partial charge in [-0.05, 0) is 54.4 Å². The molecule has 1 amide bonds. The number of rotatable bonds is 5. The number of halogens is 1. The van der Waals surface area contributed by atoms with Crippen molar-refractivity contribution in [2.24, 2.45) is 5.73 Å². The summed E-state index contributed by atoms with van der Waals surface area (Å²) in [5, 5.41) is 0. The Morgan fingerprint density at radius 2 is 2.11 bits per heavy atom. The molecule has 0 aliphatic rings. The van der Waals surface area contributed by atoms with Crippen LogP contribution in [0.2, 0.25) is 0 Å². The minimum atomic E-state index is -0.544. The third-order valence-corrected chi connectivity index (χ3v) is 3.71. The van der Waals surface area contributed by atoms with Gasteiger partial charge in [-0.1, -0.05) is 6.07 Å². The van der Waals surface area contributed by atoms with Crippen LogP contribution >= 0.6 is 15.9 Å². The van der Waals surface area contributed by atoms with Crippen LogP contribution in [0.1, 0.15) is 19.4 Å². The number of amides is 1. The first-order valence-corrected chi connectivity index (χ1v) is 7.05. The third kappa shape index (κ3) is 4.21. The first-order chi connectivity index (χ1) is 8.86. The first kappa shape index (κ1) is 16.0. The van der Waals surface area contributed by atoms with Crippen LogP contribution in [0, 0.1) is 6.92 Å². The summed E-state index contributed by atoms with van der Waals surface area (Å²) < 4.78 is 6.55. The molecular weight excluding hydrogens is 308 g/mol. The molecule has 106 valence electrons. The van der Waals surface area contributed by atoms with Crippen molar-refractivity contribution in [2.75, 3.05) is 13.6 Å². The van der Waals surface area contributed by atoms with Crippen molar-refractivity contribution in [3.8, 4) is 5.75 Å². The second-order valence-electron chi connectivity index (χ2n) is 4.73. The van der Waals surface area contributed by atoms with Crippen LogP contribution in [0.4, 0.5) is 0 Å². The quantitative estimate of drug-likeness (QED) is 0.902. The minimum absolute atomic E-state index is 0.00000786. The van der Waals surface area contributed by atoms with Gasteiger partial charge >= 0.3 is 0 Å². The van der Waals surface area contributed by atoms with Crippen LogP contribution in [0.3, 0.4) is 0 Å². The summed E-state index contributed by atoms with van der Waals surface area (Å²) in [6.45, 7) is 6.09. The molecule has 1 aromatic rings. The fourth-order valence-electron chi connectivity index (χ4n) is 1.60. The van der Waals surface area contributed by atoms with Gasteiger partial charge in [0.25, 0.3) is 5.91 Å². The smallest absolute Gasteiger partial charge is 0.263 e. The zero-order valence-corrected chi connectivity index (χ0v) is 13.4. The Morgan fingerprint density at radius 3 is 2.63 bits per heavy atom. The molecule has 0 spiro atoms. The molecule has 2 unspecified atom stereocenters. The number of carbonyl (C=O) groups excluding carboxylic acids is 1. The highest BCUT2D eigenvalue weighted by molar-refractivity contribution is 9.10. The van der Waals surface area contributed by atoms with Gasteiger partial charge in [-0.2, -0.15) is 0 Å². The van der Waals surface area contributed by atoms with Crippen LogP contribution < -0.4 is 10.5 Å². The van der Waals surface area contributed by atoms with Crippen LogP contribution in [0.15, 0.2) is 22.7 Å². The van der Waals surface area contributed by atoms with E-state index in [1.165, 1.54) is 0 Å². The van der Waals surface area contributed by atoms with Crippen molar-refractivity contribution in [1.29, 1.82) is 0 Å². The van der Waals surface area contributed by atoms with E-state index in [9.17, 15) is 4.79 Å². The molecule has 0 saturated carbocycles. The van der Waals surface area contributed by atoms with Crippen molar-refractivity contribution >= 4 is 21.8 Å². The lowest BCUT2D eigenvalue weighted by molar-refractivity contribution is -0.138. The van der Waals surface area contributed by atoms with E-state index < -0.39 is 6.10 Å². The lowest BCUT2D eigenvalue weighted by Gasteiger charge is -2.27. The van der Waals surface area contributed by atoms with E-state index in [-0.39, 0.29) is 11.9 Å². The molecule has 0 fully saturated rings. The molecular formula is C14H21BrN2O2. The van der Waals surface area contributed by atoms with Crippen molar-refractivity contribution in [1.82, 2.24) is 4.90 Å². The van der Waals surface area contributed by atoms with Crippen LogP contribution in [-0.4, -0.2) is 36.5 Å². The standard InChI is InChI=1S/C14H21BrN2O2/c1-9-5-6-13(12(15)7-9)19-11(3)14(18)17(4)10(2)8-16/h5-7,10-11H,8,16H2,1-4H3. The van der Waals surface area contributed by atoms with Gasteiger partial charge in [-0.25, -0.2) is 0 Å². The Labute approximate surface area is 123 Å². The molecule has 1 aromatic carbocycles. The third-order valence-electron chi connectivity index (χ3n) is 3.09. The summed E-state index contributed by atoms with van der Waals surface area (Å²) in [4.78, 5) is 13.8. The van der Waals surface area contributed by atoms with Crippen molar-refractivity contribution < 1.29 is 9.53 Å². The Balaban J connectivity index is 2.73. The fraction of sp³-hybridized carbons (Fsp3) is 0.500. The molecule has 0 saturated heterocycles. The Hall–Kier alpha value is -1.07. The zero-order valence-electron chi connectivity index (χ0n) is 11.8. The Kier molecular flexibility index (Phi) is 5.82. The Bertz CT molecular complexity index is 451. The van der Waals surface area contributed by atoms with Crippen molar-refractivity contribution in [3.63, 3.8) is 0 Å². The van der Waals surface area contributed by atoms with E-state index in [4.69, 9.17) is 10.5 Å². The van der Waals surface area contributed by atoms with Gasteiger partial charge in [0, 0.05) is 19.6 Å². The first-order valence-electron chi connectivity index (χ1n) is 6.26. The van der Waals surface area contributed by atoms with Crippen molar-refractivity contribution in [3.05, 3.63) is 28.2 Å². The molecule has 0 heterocycles. The van der Waals surface area contributed by atoms with E-state index in [0.717, 1.165) is 10.0 Å². The van der Waals surface area contributed by atoms with Crippen LogP contribution in [0.25, 0.3) is 0 Å². The molecule has 0 bridgehead atoms. The molecule has 0 aliphatic heterocycles. The summed E-state index contributed by atoms with van der Waals surface area (Å²) in [7, 11) is 1.74. The van der Waals surface area contributed by atoms with Crippen LogP contribution in [-0.2, 0) is 4.79 Å². The number of carbonyl (C=O) groups is 1. The minimum Gasteiger partial charge on any atom is -0.480 e. The molecule has 5 heteroatoms. The van der Waals surface area contributed by atoms with Gasteiger partial charge in [0.2, 0.25) is 0 Å². The average Bonchev–Trinajstić information content (AvgIpc) is 2.39. The van der Waals surface area contributed by atoms with E-state index in [1.54, 1.807) is 18.9 Å². The predicted molar refractivity (Wildman–Crippen MR) is 80.3 cm³/mol. The zero-order chi connectivity index (χ0) is 14.6. The highest BCUT2D eigenvalue weighted by Gasteiger charge is 2.22. The number of benzene rings is 1. The summed E-state index contributed by atoms with van der Waals surface area (Å²) >= 11 is 3.43. The van der Waals surface area contributed by atoms with Gasteiger partial charge in [0.15, 0.2) is 6.10 Å². The number of aryl methyl sites for hydroxylation is 1. The molecule has 0 radical (unpaired) electrons. The van der Waals surface area contributed by atoms with Gasteiger partial charge in [0.1, 0.15) is 5.75 Å². The second kappa shape index (κ2) is 6.91. The fourth-order valence-corrected chi connectivity index (χ4v) is 2.19. The molecule has 2 atom stereocenters. The predicted octanol–water partition coefficient (Wildman–Crippen LogP) is 2.33. The SMILES string of the molecule is Cc1ccc(OC(C)C(=O)N(C)C(C)CN)c(Br)c1. The summed E-state index contributed by atoms with van der Waals surface area (Å²) in [5.41, 5.74) is 6.69. The average molecular weight is 329 g/mol. The molecule has 2 N–H and O–H groups in total. The highest BCUT2D eigenvalue weighted by Crippen LogP contribution is 2.26. The summed E-state index contributed by atoms with van der Waals surface area (Å²) in [5.74, 6) is 0.589. The van der Waals surface area contributed by atoms with Crippen LogP contribution in [0.5, 0.6) is 5.75 Å². The molecule has 1 rings (SSSR count). The maximum Gasteiger partial charge on any atom is 0.263 e. The van der Waals surface area contributed by atoms with E-state index in [2.05, 4.69) is 15.9 Å². The number of hydrogen-bond acceptors (Lipinski definition) is 3. The molecule has 19 heavy (non-hydrogen) atoms. The number of hydrogen-bond donors (Lipinski definition) is 1. The van der Waals surface area contributed by atoms with E-state index >= 15 is 0 Å². The second-order valence-corrected chi connectivity index (χ2v) is 5.58. The largest absolute Gasteiger partial charge is 0.480 e. The van der Waals surface area contributed by atoms with Gasteiger partial charge in [-0.15, -0.1) is 0 Å². The lowest BCUT2D eigenvalue weighted by atomic mass is 10.2. The lowest BCUT2D eigenvalue weighted by Crippen LogP contribution is -2.45. The molecule has 0 aliphatic carbocycles. The van der Waals surface area contributed by atoms with Gasteiger partial charge in [-0.3, -0.25) is 4.79 Å². The normalized spacial score (nSPS) is 13.8. The van der Waals surface area contributed by atoms with Gasteiger partial charge < -0.3 is 15.4 Å². The molecule has 4 nitrogen and oxygen atoms in total. The summed E-state index contributed by atoms with van der Waals surface area (Å²) in [6.07, 6.45) is -0.544. The van der Waals surface area contributed by atoms with E-state index in [1.807, 2.05) is 32.0 Å². The maximum atomic E-state index is 12.2. The highest BCUT2D eigenvalue weighted by atomic mass is 79.9. The van der Waals surface area contributed by atoms with Crippen molar-refractivity contribution in [2.45, 2.75) is 32.9 Å². The number of ether oxygens (including phenoxy) is 1. The maximum absolute atomic E-state index is 12.2. The number of likely N-dealkylation sites (N-methyl/N-ethyl adjacent to an activating group) is 1. The molecule has 0 aromatic heterocycles. The number of nitrogens with zero attached hydrogens (tertiary/aromatic N) is 1. The Morgan fingerprint density at radius 1 is 1.47 bits per heavy atom. The monoisotopic (exact) mass is 328 g/mol. The topological polar surface area (TPSA) is 55.6 Å². The van der Waals surface area contributed by atoms with E-state index in [0.29, 0.717) is 12.3 Å². The number of nitrogens with two attached hydrogens (primary N) is 1.